The second kappa shape index (κ2) is 7.88. The highest BCUT2D eigenvalue weighted by Crippen LogP contribution is 1.88. The largest absolute Gasteiger partial charge is 0.337 e. The molecule has 0 saturated heterocycles. The molecular weight excluding hydrogens is 282 g/mol. The highest BCUT2D eigenvalue weighted by molar-refractivity contribution is 5.52. The molecule has 0 bridgehead atoms. The molecule has 1 aromatic heterocycles. The van der Waals surface area contributed by atoms with Crippen LogP contribution in [0.1, 0.15) is 19.3 Å². The molecule has 1 heterocycles. The fourth-order valence-electron chi connectivity index (χ4n) is 1.45. The molecule has 0 saturated carbocycles. The zero-order chi connectivity index (χ0) is 15.8. The zero-order valence-electron chi connectivity index (χ0n) is 10.6. The molecule has 1 rings (SSSR count). The van der Waals surface area contributed by atoms with Crippen molar-refractivity contribution >= 4 is 18.9 Å². The Hall–Kier alpha value is -2.58. The van der Waals surface area contributed by atoms with Gasteiger partial charge in [0.15, 0.2) is 0 Å². The van der Waals surface area contributed by atoms with Gasteiger partial charge in [-0.05, 0) is 0 Å². The second-order valence-electron chi connectivity index (χ2n) is 3.55. The predicted octanol–water partition coefficient (Wildman–Crippen LogP) is -2.30. The third-order valence-electron chi connectivity index (χ3n) is 2.31. The molecule has 0 aliphatic heterocycles. The fraction of sp³-hybridized carbons (Fsp3) is 0.250. The summed E-state index contributed by atoms with van der Waals surface area (Å²) in [4.78, 5) is 66.5. The molecule has 0 unspecified atom stereocenters. The first kappa shape index (κ1) is 16.5. The first-order valence-electron chi connectivity index (χ1n) is 5.63. The molecule has 0 amide bonds. The lowest BCUT2D eigenvalue weighted by atomic mass is 10.4. The van der Waals surface area contributed by atoms with Crippen molar-refractivity contribution in [2.24, 2.45) is 0 Å². The Morgan fingerprint density at radius 1 is 0.619 bits per heavy atom. The number of hydrogen-bond acceptors (Lipinski definition) is 6. The molecule has 6 radical (unpaired) electrons. The normalized spacial score (nSPS) is 10.3. The minimum atomic E-state index is -1.05. The topological polar surface area (TPSA) is 117 Å². The van der Waals surface area contributed by atoms with Crippen LogP contribution in [0.4, 0.5) is 0 Å². The van der Waals surface area contributed by atoms with Crippen molar-refractivity contribution in [1.29, 1.82) is 0 Å². The van der Waals surface area contributed by atoms with E-state index in [0.29, 0.717) is 13.7 Å². The summed E-state index contributed by atoms with van der Waals surface area (Å²) < 4.78 is 1.53. The summed E-state index contributed by atoms with van der Waals surface area (Å²) in [6.07, 6.45) is 3.33. The summed E-state index contributed by atoms with van der Waals surface area (Å²) >= 11 is 0. The van der Waals surface area contributed by atoms with Gasteiger partial charge >= 0.3 is 17.1 Å². The van der Waals surface area contributed by atoms with Gasteiger partial charge in [0, 0.05) is 19.3 Å². The van der Waals surface area contributed by atoms with Gasteiger partial charge in [-0.3, -0.25) is 14.4 Å². The van der Waals surface area contributed by atoms with Crippen molar-refractivity contribution in [2.45, 2.75) is 19.3 Å². The van der Waals surface area contributed by atoms with E-state index in [4.69, 9.17) is 0 Å². The molecular formula is C12H9N3O6. The van der Waals surface area contributed by atoms with Crippen molar-refractivity contribution in [1.82, 2.24) is 13.7 Å². The average Bonchev–Trinajstić information content (AvgIpc) is 2.47. The Morgan fingerprint density at radius 2 is 0.857 bits per heavy atom. The smallest absolute Gasteiger partial charge is 0.291 e. The highest BCUT2D eigenvalue weighted by atomic mass is 16.2. The van der Waals surface area contributed by atoms with Crippen LogP contribution in [0.5, 0.6) is 0 Å². The van der Waals surface area contributed by atoms with Crippen LogP contribution >= 0.6 is 0 Å². The molecule has 0 aliphatic carbocycles. The van der Waals surface area contributed by atoms with Crippen molar-refractivity contribution in [3.05, 3.63) is 51.1 Å². The summed E-state index contributed by atoms with van der Waals surface area (Å²) in [5.74, 6) is 0. The monoisotopic (exact) mass is 291 g/mol. The summed E-state index contributed by atoms with van der Waals surface area (Å²) in [6.45, 7) is 2.79. The molecule has 9 nitrogen and oxygen atoms in total. The molecule has 21 heavy (non-hydrogen) atoms. The Bertz CT molecular complexity index is 571. The van der Waals surface area contributed by atoms with Crippen LogP contribution in [-0.4, -0.2) is 32.6 Å². The summed E-state index contributed by atoms with van der Waals surface area (Å²) in [7, 11) is 0. The minimum absolute atomic E-state index is 0.354. The molecule has 0 atom stereocenters. The van der Waals surface area contributed by atoms with E-state index < -0.39 is 17.1 Å². The first-order chi connectivity index (χ1) is 10.1. The molecule has 0 N–H and O–H groups in total. The molecule has 0 aliphatic rings. The van der Waals surface area contributed by atoms with Gasteiger partial charge in [0.2, 0.25) is 18.9 Å². The van der Waals surface area contributed by atoms with E-state index in [2.05, 4.69) is 0 Å². The molecule has 0 spiro atoms. The third-order valence-corrected chi connectivity index (χ3v) is 2.31. The van der Waals surface area contributed by atoms with E-state index >= 15 is 0 Å². The summed E-state index contributed by atoms with van der Waals surface area (Å²) in [6, 6.07) is 0. The standard InChI is InChI=1S/C12H9N3O6/c16-7-1-4-13-10(19)14(5-2-8-17)12(21)15(11(13)20)6-3-9-18/h4-6H,1-3H2. The Balaban J connectivity index is 3.49. The second-order valence-corrected chi connectivity index (χ2v) is 3.55. The Morgan fingerprint density at radius 3 is 1.05 bits per heavy atom. The van der Waals surface area contributed by atoms with Crippen LogP contribution in [0, 0.1) is 19.6 Å². The predicted molar refractivity (Wildman–Crippen MR) is 69.2 cm³/mol. The van der Waals surface area contributed by atoms with Gasteiger partial charge in [0.25, 0.3) is 0 Å². The number of nitrogens with zero attached hydrogens (tertiary/aromatic N) is 3. The van der Waals surface area contributed by atoms with Crippen LogP contribution in [0.2, 0.25) is 0 Å². The van der Waals surface area contributed by atoms with Crippen molar-refractivity contribution in [3.8, 4) is 0 Å². The fourth-order valence-corrected chi connectivity index (χ4v) is 1.45. The summed E-state index contributed by atoms with van der Waals surface area (Å²) in [5.41, 5.74) is -3.14. The lowest BCUT2D eigenvalue weighted by Gasteiger charge is -2.10. The van der Waals surface area contributed by atoms with E-state index in [0.717, 1.165) is 19.6 Å². The van der Waals surface area contributed by atoms with Crippen molar-refractivity contribution in [2.75, 3.05) is 0 Å². The highest BCUT2D eigenvalue weighted by Gasteiger charge is 2.15. The van der Waals surface area contributed by atoms with E-state index in [-0.39, 0.29) is 19.3 Å². The zero-order valence-corrected chi connectivity index (χ0v) is 10.6. The maximum atomic E-state index is 11.9. The lowest BCUT2D eigenvalue weighted by molar-refractivity contribution is 0.538. The number of rotatable bonds is 9. The van der Waals surface area contributed by atoms with Gasteiger partial charge in [0.1, 0.15) is 0 Å². The maximum absolute atomic E-state index is 11.9. The molecule has 9 heteroatoms. The Labute approximate surface area is 118 Å². The number of carbonyl (C=O) groups excluding carboxylic acids is 3. The van der Waals surface area contributed by atoms with Crippen LogP contribution in [0.15, 0.2) is 14.4 Å². The SMILES string of the molecule is O=[C]C[CH]n1c(=O)n([CH]C[C]=O)c(=O)n([CH]C[C]=O)c1=O. The van der Waals surface area contributed by atoms with E-state index in [1.165, 1.54) is 18.9 Å². The van der Waals surface area contributed by atoms with E-state index in [1.54, 1.807) is 0 Å². The molecule has 1 aromatic rings. The number of aromatic nitrogens is 3. The van der Waals surface area contributed by atoms with Gasteiger partial charge in [-0.2, -0.15) is 0 Å². The van der Waals surface area contributed by atoms with Gasteiger partial charge in [-0.1, -0.05) is 0 Å². The van der Waals surface area contributed by atoms with Crippen LogP contribution < -0.4 is 17.1 Å². The van der Waals surface area contributed by atoms with Gasteiger partial charge in [-0.25, -0.2) is 28.1 Å². The molecule has 0 aromatic carbocycles. The average molecular weight is 291 g/mol. The van der Waals surface area contributed by atoms with Crippen LogP contribution in [0.25, 0.3) is 0 Å². The van der Waals surface area contributed by atoms with Gasteiger partial charge in [-0.15, -0.1) is 0 Å². The molecule has 0 fully saturated rings. The number of hydrogen-bond donors (Lipinski definition) is 0. The lowest BCUT2D eigenvalue weighted by Crippen LogP contribution is -2.53. The van der Waals surface area contributed by atoms with Crippen LogP contribution in [0.3, 0.4) is 0 Å². The maximum Gasteiger partial charge on any atom is 0.337 e. The van der Waals surface area contributed by atoms with Crippen LogP contribution in [-0.2, 0) is 14.4 Å². The van der Waals surface area contributed by atoms with E-state index in [1.807, 2.05) is 0 Å². The van der Waals surface area contributed by atoms with Crippen molar-refractivity contribution < 1.29 is 14.4 Å². The van der Waals surface area contributed by atoms with Crippen molar-refractivity contribution in [3.63, 3.8) is 0 Å². The van der Waals surface area contributed by atoms with Gasteiger partial charge < -0.3 is 0 Å². The Kier molecular flexibility index (Phi) is 6.18. The molecule has 108 valence electrons. The first-order valence-corrected chi connectivity index (χ1v) is 5.63. The summed E-state index contributed by atoms with van der Waals surface area (Å²) in [5, 5.41) is 0. The minimum Gasteiger partial charge on any atom is -0.291 e. The third kappa shape index (κ3) is 3.71. The van der Waals surface area contributed by atoms with E-state index in [9.17, 15) is 28.8 Å². The van der Waals surface area contributed by atoms with Gasteiger partial charge in [0.05, 0.1) is 19.6 Å². The quantitative estimate of drug-likeness (QED) is 0.505.